The normalized spacial score (nSPS) is 12.5. The number of aldehydes is 1. The summed E-state index contributed by atoms with van der Waals surface area (Å²) in [7, 11) is 0. The van der Waals surface area contributed by atoms with E-state index in [-0.39, 0.29) is 5.92 Å². The van der Waals surface area contributed by atoms with E-state index in [9.17, 15) is 4.79 Å². The molecular formula is C11H14O. The van der Waals surface area contributed by atoms with Gasteiger partial charge in [-0.1, -0.05) is 36.8 Å². The summed E-state index contributed by atoms with van der Waals surface area (Å²) in [6.07, 6.45) is 1.85. The van der Waals surface area contributed by atoms with E-state index in [1.54, 1.807) is 0 Å². The Hall–Kier alpha value is -1.11. The highest BCUT2D eigenvalue weighted by atomic mass is 16.1. The van der Waals surface area contributed by atoms with Gasteiger partial charge in [-0.3, -0.25) is 0 Å². The van der Waals surface area contributed by atoms with E-state index in [4.69, 9.17) is 0 Å². The highest BCUT2D eigenvalue weighted by Crippen LogP contribution is 2.07. The molecule has 0 heterocycles. The van der Waals surface area contributed by atoms with Crippen molar-refractivity contribution in [2.45, 2.75) is 20.3 Å². The molecule has 1 rings (SSSR count). The van der Waals surface area contributed by atoms with Crippen molar-refractivity contribution >= 4 is 6.29 Å². The molecule has 0 N–H and O–H groups in total. The molecule has 0 aliphatic rings. The van der Waals surface area contributed by atoms with Gasteiger partial charge in [-0.2, -0.15) is 0 Å². The highest BCUT2D eigenvalue weighted by molar-refractivity contribution is 5.53. The topological polar surface area (TPSA) is 17.1 Å². The Morgan fingerprint density at radius 1 is 1.33 bits per heavy atom. The lowest BCUT2D eigenvalue weighted by atomic mass is 10.0. The molecule has 12 heavy (non-hydrogen) atoms. The molecule has 0 saturated heterocycles. The fourth-order valence-electron chi connectivity index (χ4n) is 1.14. The minimum Gasteiger partial charge on any atom is -0.303 e. The number of carbonyl (C=O) groups is 1. The second-order valence-corrected chi connectivity index (χ2v) is 3.30. The van der Waals surface area contributed by atoms with Crippen molar-refractivity contribution in [3.63, 3.8) is 0 Å². The van der Waals surface area contributed by atoms with Crippen molar-refractivity contribution in [1.82, 2.24) is 0 Å². The van der Waals surface area contributed by atoms with E-state index in [0.717, 1.165) is 12.7 Å². The van der Waals surface area contributed by atoms with Gasteiger partial charge < -0.3 is 4.79 Å². The van der Waals surface area contributed by atoms with Gasteiger partial charge in [0.05, 0.1) is 0 Å². The number of carbonyl (C=O) groups excluding carboxylic acids is 1. The van der Waals surface area contributed by atoms with E-state index in [1.165, 1.54) is 11.1 Å². The van der Waals surface area contributed by atoms with E-state index >= 15 is 0 Å². The molecule has 0 fully saturated rings. The molecule has 1 atom stereocenters. The van der Waals surface area contributed by atoms with Crippen LogP contribution in [0.5, 0.6) is 0 Å². The predicted molar refractivity (Wildman–Crippen MR) is 50.1 cm³/mol. The van der Waals surface area contributed by atoms with Gasteiger partial charge in [0, 0.05) is 5.92 Å². The molecule has 1 heteroatoms. The Labute approximate surface area is 73.4 Å². The van der Waals surface area contributed by atoms with E-state index in [1.807, 2.05) is 6.92 Å². The second kappa shape index (κ2) is 4.05. The van der Waals surface area contributed by atoms with Crippen molar-refractivity contribution in [3.8, 4) is 0 Å². The Balaban J connectivity index is 2.64. The largest absolute Gasteiger partial charge is 0.303 e. The fraction of sp³-hybridized carbons (Fsp3) is 0.364. The summed E-state index contributed by atoms with van der Waals surface area (Å²) in [5.74, 6) is 0.132. The summed E-state index contributed by atoms with van der Waals surface area (Å²) < 4.78 is 0. The van der Waals surface area contributed by atoms with Gasteiger partial charge in [0.15, 0.2) is 0 Å². The second-order valence-electron chi connectivity index (χ2n) is 3.30. The van der Waals surface area contributed by atoms with Crippen LogP contribution in [-0.2, 0) is 11.2 Å². The summed E-state index contributed by atoms with van der Waals surface area (Å²) in [6, 6.07) is 8.31. The van der Waals surface area contributed by atoms with Crippen LogP contribution in [0.4, 0.5) is 0 Å². The molecule has 0 radical (unpaired) electrons. The number of benzene rings is 1. The number of rotatable bonds is 3. The van der Waals surface area contributed by atoms with Crippen molar-refractivity contribution in [1.29, 1.82) is 0 Å². The van der Waals surface area contributed by atoms with E-state index < -0.39 is 0 Å². The molecule has 0 saturated carbocycles. The van der Waals surface area contributed by atoms with Gasteiger partial charge >= 0.3 is 0 Å². The predicted octanol–water partition coefficient (Wildman–Crippen LogP) is 2.37. The molecule has 0 aromatic heterocycles. The Kier molecular flexibility index (Phi) is 3.03. The Morgan fingerprint density at radius 2 is 1.92 bits per heavy atom. The maximum absolute atomic E-state index is 10.4. The molecule has 0 amide bonds. The van der Waals surface area contributed by atoms with Gasteiger partial charge in [0.1, 0.15) is 6.29 Å². The molecule has 1 aromatic carbocycles. The van der Waals surface area contributed by atoms with Gasteiger partial charge in [0.25, 0.3) is 0 Å². The molecule has 1 unspecified atom stereocenters. The van der Waals surface area contributed by atoms with Crippen molar-refractivity contribution in [3.05, 3.63) is 35.4 Å². The summed E-state index contributed by atoms with van der Waals surface area (Å²) >= 11 is 0. The number of hydrogen-bond acceptors (Lipinski definition) is 1. The Bertz CT molecular complexity index is 248. The fourth-order valence-corrected chi connectivity index (χ4v) is 1.14. The van der Waals surface area contributed by atoms with Crippen LogP contribution >= 0.6 is 0 Å². The van der Waals surface area contributed by atoms with Crippen LogP contribution in [0.15, 0.2) is 24.3 Å². The van der Waals surface area contributed by atoms with Gasteiger partial charge in [-0.05, 0) is 18.9 Å². The van der Waals surface area contributed by atoms with Crippen molar-refractivity contribution in [2.75, 3.05) is 0 Å². The summed E-state index contributed by atoms with van der Waals surface area (Å²) in [4.78, 5) is 10.4. The summed E-state index contributed by atoms with van der Waals surface area (Å²) in [5, 5.41) is 0. The quantitative estimate of drug-likeness (QED) is 0.623. The third-order valence-electron chi connectivity index (χ3n) is 1.91. The zero-order chi connectivity index (χ0) is 8.97. The first-order valence-electron chi connectivity index (χ1n) is 4.23. The standard InChI is InChI=1S/C11H14O/c1-9-3-5-11(6-4-9)7-10(2)8-12/h3-6,8,10H,7H2,1-2H3. The van der Waals surface area contributed by atoms with Crippen LogP contribution in [0.2, 0.25) is 0 Å². The minimum absolute atomic E-state index is 0.132. The average Bonchev–Trinajstić information content (AvgIpc) is 2.09. The number of hydrogen-bond donors (Lipinski definition) is 0. The first kappa shape index (κ1) is 8.98. The van der Waals surface area contributed by atoms with Crippen molar-refractivity contribution < 1.29 is 4.79 Å². The van der Waals surface area contributed by atoms with Crippen LogP contribution in [-0.4, -0.2) is 6.29 Å². The molecule has 0 spiro atoms. The monoisotopic (exact) mass is 162 g/mol. The summed E-state index contributed by atoms with van der Waals surface area (Å²) in [5.41, 5.74) is 2.50. The zero-order valence-electron chi connectivity index (χ0n) is 7.58. The molecular weight excluding hydrogens is 148 g/mol. The smallest absolute Gasteiger partial charge is 0.123 e. The van der Waals surface area contributed by atoms with E-state index in [2.05, 4.69) is 31.2 Å². The van der Waals surface area contributed by atoms with Gasteiger partial charge in [-0.15, -0.1) is 0 Å². The lowest BCUT2D eigenvalue weighted by Crippen LogP contribution is -2.00. The summed E-state index contributed by atoms with van der Waals surface area (Å²) in [6.45, 7) is 4.00. The molecule has 1 aromatic rings. The SMILES string of the molecule is Cc1ccc(CC(C)C=O)cc1. The third kappa shape index (κ3) is 2.50. The highest BCUT2D eigenvalue weighted by Gasteiger charge is 2.00. The third-order valence-corrected chi connectivity index (χ3v) is 1.91. The molecule has 0 aliphatic heterocycles. The van der Waals surface area contributed by atoms with Crippen LogP contribution in [0.3, 0.4) is 0 Å². The molecule has 0 aliphatic carbocycles. The zero-order valence-corrected chi connectivity index (χ0v) is 7.58. The first-order valence-corrected chi connectivity index (χ1v) is 4.23. The van der Waals surface area contributed by atoms with Gasteiger partial charge in [-0.25, -0.2) is 0 Å². The Morgan fingerprint density at radius 3 is 2.42 bits per heavy atom. The maximum Gasteiger partial charge on any atom is 0.123 e. The van der Waals surface area contributed by atoms with E-state index in [0.29, 0.717) is 0 Å². The van der Waals surface area contributed by atoms with Crippen LogP contribution in [0.25, 0.3) is 0 Å². The first-order chi connectivity index (χ1) is 5.72. The maximum atomic E-state index is 10.4. The van der Waals surface area contributed by atoms with Gasteiger partial charge in [0.2, 0.25) is 0 Å². The molecule has 0 bridgehead atoms. The van der Waals surface area contributed by atoms with Crippen LogP contribution in [0.1, 0.15) is 18.1 Å². The van der Waals surface area contributed by atoms with Crippen molar-refractivity contribution in [2.24, 2.45) is 5.92 Å². The lowest BCUT2D eigenvalue weighted by Gasteiger charge is -2.03. The molecule has 64 valence electrons. The van der Waals surface area contributed by atoms with Crippen LogP contribution < -0.4 is 0 Å². The van der Waals surface area contributed by atoms with Crippen LogP contribution in [0, 0.1) is 12.8 Å². The average molecular weight is 162 g/mol. The minimum atomic E-state index is 0.132. The number of aryl methyl sites for hydroxylation is 1. The molecule has 1 nitrogen and oxygen atoms in total. The lowest BCUT2D eigenvalue weighted by molar-refractivity contribution is -0.110.